The Morgan fingerprint density at radius 1 is 1.67 bits per heavy atom. The van der Waals surface area contributed by atoms with Gasteiger partial charge in [-0.1, -0.05) is 18.3 Å². The van der Waals surface area contributed by atoms with Crippen molar-refractivity contribution in [1.29, 1.82) is 0 Å². The van der Waals surface area contributed by atoms with Crippen LogP contribution in [0.4, 0.5) is 5.13 Å². The third kappa shape index (κ3) is 2.12. The van der Waals surface area contributed by atoms with Crippen molar-refractivity contribution in [3.8, 4) is 0 Å². The number of methoxy groups -OCH3 is 1. The summed E-state index contributed by atoms with van der Waals surface area (Å²) in [6, 6.07) is 0.529. The topological polar surface area (TPSA) is 51.2 Å². The lowest BCUT2D eigenvalue weighted by molar-refractivity contribution is 0.0605. The number of nitrogens with zero attached hydrogens (tertiary/aromatic N) is 1. The Hall–Kier alpha value is -1.10. The first-order valence-corrected chi connectivity index (χ1v) is 5.75. The minimum absolute atomic E-state index is 0.304. The molecule has 1 fully saturated rings. The molecule has 5 heteroatoms. The molecule has 1 heterocycles. The molecule has 0 aliphatic heterocycles. The van der Waals surface area contributed by atoms with Gasteiger partial charge >= 0.3 is 5.97 Å². The van der Waals surface area contributed by atoms with E-state index in [1.54, 1.807) is 0 Å². The van der Waals surface area contributed by atoms with Gasteiger partial charge in [0.2, 0.25) is 0 Å². The molecule has 1 saturated carbocycles. The molecule has 4 nitrogen and oxygen atoms in total. The second-order valence-corrected chi connectivity index (χ2v) is 4.89. The van der Waals surface area contributed by atoms with Gasteiger partial charge in [0.1, 0.15) is 4.88 Å². The molecule has 2 unspecified atom stereocenters. The van der Waals surface area contributed by atoms with Gasteiger partial charge in [-0.2, -0.15) is 0 Å². The summed E-state index contributed by atoms with van der Waals surface area (Å²) >= 11 is 1.37. The Morgan fingerprint density at radius 2 is 2.33 bits per heavy atom. The molecular weight excluding hydrogens is 212 g/mol. The van der Waals surface area contributed by atoms with Gasteiger partial charge in [0.05, 0.1) is 12.8 Å². The maximum Gasteiger partial charge on any atom is 0.350 e. The zero-order valence-corrected chi connectivity index (χ0v) is 9.85. The number of rotatable bonds is 3. The SMILES string of the molecule is COC(=O)c1sc(NC2CC2C)nc1C. The minimum atomic E-state index is -0.304. The van der Waals surface area contributed by atoms with Crippen LogP contribution in [0.2, 0.25) is 0 Å². The molecule has 82 valence electrons. The van der Waals surface area contributed by atoms with Crippen LogP contribution >= 0.6 is 11.3 Å². The van der Waals surface area contributed by atoms with Crippen molar-refractivity contribution in [1.82, 2.24) is 4.98 Å². The summed E-state index contributed by atoms with van der Waals surface area (Å²) in [7, 11) is 1.39. The molecule has 1 aliphatic rings. The third-order valence-electron chi connectivity index (χ3n) is 2.59. The van der Waals surface area contributed by atoms with Crippen LogP contribution in [0.3, 0.4) is 0 Å². The smallest absolute Gasteiger partial charge is 0.350 e. The molecule has 0 radical (unpaired) electrons. The number of thiazole rings is 1. The molecule has 0 amide bonds. The lowest BCUT2D eigenvalue weighted by Crippen LogP contribution is -2.02. The summed E-state index contributed by atoms with van der Waals surface area (Å²) in [6.45, 7) is 4.02. The monoisotopic (exact) mass is 226 g/mol. The maximum atomic E-state index is 11.3. The third-order valence-corrected chi connectivity index (χ3v) is 3.65. The van der Waals surface area contributed by atoms with E-state index in [4.69, 9.17) is 0 Å². The first-order chi connectivity index (χ1) is 7.11. The fourth-order valence-electron chi connectivity index (χ4n) is 1.42. The van der Waals surface area contributed by atoms with Crippen LogP contribution in [0.15, 0.2) is 0 Å². The highest BCUT2D eigenvalue weighted by molar-refractivity contribution is 7.17. The van der Waals surface area contributed by atoms with Gasteiger partial charge in [-0.15, -0.1) is 0 Å². The number of ether oxygens (including phenoxy) is 1. The molecule has 2 atom stereocenters. The lowest BCUT2D eigenvalue weighted by Gasteiger charge is -1.97. The normalized spacial score (nSPS) is 23.7. The first kappa shape index (κ1) is 10.4. The number of hydrogen-bond acceptors (Lipinski definition) is 5. The van der Waals surface area contributed by atoms with Gasteiger partial charge < -0.3 is 10.1 Å². The van der Waals surface area contributed by atoms with Gasteiger partial charge in [-0.3, -0.25) is 0 Å². The number of aromatic nitrogens is 1. The van der Waals surface area contributed by atoms with E-state index in [1.807, 2.05) is 6.92 Å². The molecule has 1 N–H and O–H groups in total. The lowest BCUT2D eigenvalue weighted by atomic mass is 10.4. The van der Waals surface area contributed by atoms with Crippen molar-refractivity contribution in [3.05, 3.63) is 10.6 Å². The van der Waals surface area contributed by atoms with Crippen molar-refractivity contribution in [2.24, 2.45) is 5.92 Å². The number of carbonyl (C=O) groups excluding carboxylic acids is 1. The van der Waals surface area contributed by atoms with E-state index in [9.17, 15) is 4.79 Å². The van der Waals surface area contributed by atoms with Crippen molar-refractivity contribution in [2.45, 2.75) is 26.3 Å². The van der Waals surface area contributed by atoms with E-state index in [2.05, 4.69) is 22.0 Å². The van der Waals surface area contributed by atoms with Gasteiger partial charge in [-0.05, 0) is 19.3 Å². The predicted molar refractivity (Wildman–Crippen MR) is 59.4 cm³/mol. The largest absolute Gasteiger partial charge is 0.465 e. The number of aryl methyl sites for hydroxylation is 1. The van der Waals surface area contributed by atoms with E-state index in [1.165, 1.54) is 24.9 Å². The fraction of sp³-hybridized carbons (Fsp3) is 0.600. The Balaban J connectivity index is 2.10. The highest BCUT2D eigenvalue weighted by Crippen LogP contribution is 2.34. The van der Waals surface area contributed by atoms with Crippen LogP contribution in [0.5, 0.6) is 0 Å². The molecule has 0 spiro atoms. The summed E-state index contributed by atoms with van der Waals surface area (Å²) in [5.41, 5.74) is 0.739. The van der Waals surface area contributed by atoms with E-state index in [0.717, 1.165) is 16.7 Å². The zero-order chi connectivity index (χ0) is 11.0. The summed E-state index contributed by atoms with van der Waals surface area (Å²) in [6.07, 6.45) is 1.19. The summed E-state index contributed by atoms with van der Waals surface area (Å²) < 4.78 is 4.68. The van der Waals surface area contributed by atoms with Crippen molar-refractivity contribution in [2.75, 3.05) is 12.4 Å². The van der Waals surface area contributed by atoms with Crippen molar-refractivity contribution in [3.63, 3.8) is 0 Å². The number of esters is 1. The summed E-state index contributed by atoms with van der Waals surface area (Å²) in [5, 5.41) is 4.13. The number of carbonyl (C=O) groups is 1. The van der Waals surface area contributed by atoms with Crippen LogP contribution in [0.25, 0.3) is 0 Å². The molecule has 15 heavy (non-hydrogen) atoms. The van der Waals surface area contributed by atoms with E-state index in [-0.39, 0.29) is 5.97 Å². The molecule has 0 saturated heterocycles. The molecule has 0 aromatic carbocycles. The van der Waals surface area contributed by atoms with Gasteiger partial charge in [-0.25, -0.2) is 9.78 Å². The minimum Gasteiger partial charge on any atom is -0.465 e. The average molecular weight is 226 g/mol. The van der Waals surface area contributed by atoms with Crippen molar-refractivity contribution < 1.29 is 9.53 Å². The second kappa shape index (κ2) is 3.81. The molecular formula is C10H14N2O2S. The average Bonchev–Trinajstić information content (AvgIpc) is 2.74. The molecule has 1 aromatic rings. The Labute approximate surface area is 92.7 Å². The Bertz CT molecular complexity index is 389. The number of nitrogens with one attached hydrogen (secondary N) is 1. The van der Waals surface area contributed by atoms with Crippen molar-refractivity contribution >= 4 is 22.4 Å². The highest BCUT2D eigenvalue weighted by Gasteiger charge is 2.33. The van der Waals surface area contributed by atoms with Crippen LogP contribution in [-0.2, 0) is 4.74 Å². The van der Waals surface area contributed by atoms with Gasteiger partial charge in [0.15, 0.2) is 5.13 Å². The number of hydrogen-bond donors (Lipinski definition) is 1. The molecule has 0 bridgehead atoms. The van der Waals surface area contributed by atoms with Gasteiger partial charge in [0.25, 0.3) is 0 Å². The van der Waals surface area contributed by atoms with E-state index >= 15 is 0 Å². The van der Waals surface area contributed by atoms with Crippen LogP contribution in [-0.4, -0.2) is 24.1 Å². The van der Waals surface area contributed by atoms with Crippen LogP contribution < -0.4 is 5.32 Å². The standard InChI is InChI=1S/C10H14N2O2S/c1-5-4-7(5)12-10-11-6(2)8(15-10)9(13)14-3/h5,7H,4H2,1-3H3,(H,11,12). The quantitative estimate of drug-likeness (QED) is 0.801. The van der Waals surface area contributed by atoms with E-state index in [0.29, 0.717) is 10.9 Å². The second-order valence-electron chi connectivity index (χ2n) is 3.89. The summed E-state index contributed by atoms with van der Waals surface area (Å²) in [5.74, 6) is 0.415. The maximum absolute atomic E-state index is 11.3. The highest BCUT2D eigenvalue weighted by atomic mass is 32.1. The number of anilines is 1. The predicted octanol–water partition coefficient (Wildman–Crippen LogP) is 2.06. The Morgan fingerprint density at radius 3 is 2.87 bits per heavy atom. The zero-order valence-electron chi connectivity index (χ0n) is 9.03. The van der Waals surface area contributed by atoms with E-state index < -0.39 is 0 Å². The first-order valence-electron chi connectivity index (χ1n) is 4.94. The van der Waals surface area contributed by atoms with Gasteiger partial charge in [0, 0.05) is 6.04 Å². The summed E-state index contributed by atoms with van der Waals surface area (Å²) in [4.78, 5) is 16.2. The van der Waals surface area contributed by atoms with Crippen LogP contribution in [0, 0.1) is 12.8 Å². The fourth-order valence-corrected chi connectivity index (χ4v) is 2.37. The Kier molecular flexibility index (Phi) is 2.65. The van der Waals surface area contributed by atoms with Crippen LogP contribution in [0.1, 0.15) is 28.7 Å². The molecule has 1 aromatic heterocycles. The molecule has 2 rings (SSSR count). The molecule has 1 aliphatic carbocycles.